The largest absolute Gasteiger partial charge is 0.321 e. The summed E-state index contributed by atoms with van der Waals surface area (Å²) in [5, 5.41) is 11.6. The van der Waals surface area contributed by atoms with Gasteiger partial charge in [0.05, 0.1) is 11.3 Å². The third kappa shape index (κ3) is 3.11. The molecule has 0 fully saturated rings. The number of anilines is 1. The van der Waals surface area contributed by atoms with Crippen molar-refractivity contribution in [3.8, 4) is 6.07 Å². The molecule has 0 atom stereocenters. The van der Waals surface area contributed by atoms with Crippen LogP contribution in [0.25, 0.3) is 0 Å². The molecule has 100 valence electrons. The summed E-state index contributed by atoms with van der Waals surface area (Å²) in [5.74, 6) is -2.45. The summed E-state index contributed by atoms with van der Waals surface area (Å²) in [4.78, 5) is 11.9. The highest BCUT2D eigenvalue weighted by atomic mass is 35.5. The topological polar surface area (TPSA) is 52.9 Å². The lowest BCUT2D eigenvalue weighted by Gasteiger charge is -2.07. The molecule has 0 spiro atoms. The van der Waals surface area contributed by atoms with Gasteiger partial charge in [0.2, 0.25) is 0 Å². The fourth-order valence-electron chi connectivity index (χ4n) is 1.60. The number of carbonyl (C=O) groups is 1. The maximum Gasteiger partial charge on any atom is 0.255 e. The molecular formula is C14H7ClF2N2O. The van der Waals surface area contributed by atoms with Gasteiger partial charge in [0.25, 0.3) is 5.91 Å². The lowest BCUT2D eigenvalue weighted by molar-refractivity contribution is 0.102. The van der Waals surface area contributed by atoms with E-state index in [0.717, 1.165) is 12.1 Å². The maximum atomic E-state index is 13.0. The summed E-state index contributed by atoms with van der Waals surface area (Å²) >= 11 is 5.77. The molecule has 2 aromatic carbocycles. The Morgan fingerprint density at radius 2 is 1.80 bits per heavy atom. The quantitative estimate of drug-likeness (QED) is 0.916. The van der Waals surface area contributed by atoms with Gasteiger partial charge in [-0.15, -0.1) is 0 Å². The van der Waals surface area contributed by atoms with Gasteiger partial charge < -0.3 is 5.32 Å². The number of nitrogens with zero attached hydrogens (tertiary/aromatic N) is 1. The number of halogens is 3. The number of benzene rings is 2. The summed E-state index contributed by atoms with van der Waals surface area (Å²) < 4.78 is 26.1. The van der Waals surface area contributed by atoms with E-state index < -0.39 is 17.5 Å². The first-order valence-electron chi connectivity index (χ1n) is 5.46. The smallest absolute Gasteiger partial charge is 0.255 e. The SMILES string of the molecule is N#Cc1ccc(Cl)cc1NC(=O)c1cc(F)cc(F)c1. The predicted octanol–water partition coefficient (Wildman–Crippen LogP) is 3.74. The zero-order valence-corrected chi connectivity index (χ0v) is 10.7. The Hall–Kier alpha value is -2.45. The van der Waals surface area contributed by atoms with E-state index in [2.05, 4.69) is 5.32 Å². The highest BCUT2D eigenvalue weighted by Crippen LogP contribution is 2.21. The van der Waals surface area contributed by atoms with Crippen LogP contribution in [0.2, 0.25) is 5.02 Å². The van der Waals surface area contributed by atoms with E-state index in [1.165, 1.54) is 18.2 Å². The van der Waals surface area contributed by atoms with E-state index in [0.29, 0.717) is 11.1 Å². The fourth-order valence-corrected chi connectivity index (χ4v) is 1.77. The molecule has 0 aliphatic heterocycles. The van der Waals surface area contributed by atoms with Crippen molar-refractivity contribution >= 4 is 23.2 Å². The zero-order valence-electron chi connectivity index (χ0n) is 9.95. The van der Waals surface area contributed by atoms with Crippen LogP contribution in [0, 0.1) is 23.0 Å². The van der Waals surface area contributed by atoms with Gasteiger partial charge in [-0.1, -0.05) is 11.6 Å². The summed E-state index contributed by atoms with van der Waals surface area (Å²) in [6, 6.07) is 8.65. The van der Waals surface area contributed by atoms with Gasteiger partial charge in [0, 0.05) is 16.7 Å². The molecule has 0 unspecified atom stereocenters. The van der Waals surface area contributed by atoms with Crippen LogP contribution in [-0.4, -0.2) is 5.91 Å². The van der Waals surface area contributed by atoms with Crippen LogP contribution in [0.1, 0.15) is 15.9 Å². The molecule has 1 N–H and O–H groups in total. The van der Waals surface area contributed by atoms with Crippen molar-refractivity contribution < 1.29 is 13.6 Å². The van der Waals surface area contributed by atoms with Crippen molar-refractivity contribution in [3.63, 3.8) is 0 Å². The van der Waals surface area contributed by atoms with Crippen LogP contribution in [0.4, 0.5) is 14.5 Å². The Morgan fingerprint density at radius 3 is 2.40 bits per heavy atom. The van der Waals surface area contributed by atoms with Crippen LogP contribution in [0.15, 0.2) is 36.4 Å². The Bertz CT molecular complexity index is 705. The molecule has 3 nitrogen and oxygen atoms in total. The molecule has 0 radical (unpaired) electrons. The molecule has 2 rings (SSSR count). The van der Waals surface area contributed by atoms with E-state index in [1.807, 2.05) is 6.07 Å². The van der Waals surface area contributed by atoms with Gasteiger partial charge in [0.1, 0.15) is 17.7 Å². The minimum absolute atomic E-state index is 0.176. The number of nitriles is 1. The van der Waals surface area contributed by atoms with Gasteiger partial charge in [-0.3, -0.25) is 4.79 Å². The minimum Gasteiger partial charge on any atom is -0.321 e. The molecule has 20 heavy (non-hydrogen) atoms. The first-order valence-corrected chi connectivity index (χ1v) is 5.84. The highest BCUT2D eigenvalue weighted by Gasteiger charge is 2.12. The molecule has 0 aliphatic carbocycles. The van der Waals surface area contributed by atoms with E-state index in [9.17, 15) is 13.6 Å². The number of rotatable bonds is 2. The fraction of sp³-hybridized carbons (Fsp3) is 0. The van der Waals surface area contributed by atoms with Gasteiger partial charge in [-0.25, -0.2) is 8.78 Å². The van der Waals surface area contributed by atoms with Crippen LogP contribution in [0.3, 0.4) is 0 Å². The van der Waals surface area contributed by atoms with Crippen LogP contribution < -0.4 is 5.32 Å². The zero-order chi connectivity index (χ0) is 14.7. The molecule has 1 amide bonds. The average Bonchev–Trinajstić information content (AvgIpc) is 2.37. The van der Waals surface area contributed by atoms with E-state index >= 15 is 0 Å². The lowest BCUT2D eigenvalue weighted by Crippen LogP contribution is -2.13. The Balaban J connectivity index is 2.32. The van der Waals surface area contributed by atoms with Crippen molar-refractivity contribution in [2.24, 2.45) is 0 Å². The molecule has 0 saturated heterocycles. The molecule has 6 heteroatoms. The van der Waals surface area contributed by atoms with E-state index in [4.69, 9.17) is 16.9 Å². The third-order valence-electron chi connectivity index (χ3n) is 2.48. The van der Waals surface area contributed by atoms with Crippen molar-refractivity contribution in [1.82, 2.24) is 0 Å². The third-order valence-corrected chi connectivity index (χ3v) is 2.71. The monoisotopic (exact) mass is 292 g/mol. The van der Waals surface area contributed by atoms with Crippen molar-refractivity contribution in [2.75, 3.05) is 5.32 Å². The highest BCUT2D eigenvalue weighted by molar-refractivity contribution is 6.31. The van der Waals surface area contributed by atoms with Gasteiger partial charge >= 0.3 is 0 Å². The first kappa shape index (κ1) is 14.0. The normalized spacial score (nSPS) is 9.90. The van der Waals surface area contributed by atoms with Crippen LogP contribution >= 0.6 is 11.6 Å². The van der Waals surface area contributed by atoms with Crippen molar-refractivity contribution in [1.29, 1.82) is 5.26 Å². The van der Waals surface area contributed by atoms with Gasteiger partial charge in [0.15, 0.2) is 0 Å². The number of nitrogens with one attached hydrogen (secondary N) is 1. The maximum absolute atomic E-state index is 13.0. The van der Waals surface area contributed by atoms with Crippen molar-refractivity contribution in [3.05, 3.63) is 64.2 Å². The molecule has 0 heterocycles. The Labute approximate surface area is 118 Å². The second-order valence-corrected chi connectivity index (χ2v) is 4.35. The number of carbonyl (C=O) groups excluding carboxylic acids is 1. The number of amides is 1. The van der Waals surface area contributed by atoms with E-state index in [-0.39, 0.29) is 16.8 Å². The molecule has 0 aromatic heterocycles. The minimum atomic E-state index is -0.859. The molecule has 2 aromatic rings. The average molecular weight is 293 g/mol. The predicted molar refractivity (Wildman–Crippen MR) is 70.5 cm³/mol. The molecular weight excluding hydrogens is 286 g/mol. The molecule has 0 bridgehead atoms. The summed E-state index contributed by atoms with van der Waals surface area (Å²) in [6.45, 7) is 0. The van der Waals surface area contributed by atoms with Gasteiger partial charge in [-0.2, -0.15) is 5.26 Å². The van der Waals surface area contributed by atoms with Crippen LogP contribution in [0.5, 0.6) is 0 Å². The summed E-state index contributed by atoms with van der Waals surface area (Å²) in [6.07, 6.45) is 0. The number of hydrogen-bond acceptors (Lipinski definition) is 2. The second-order valence-electron chi connectivity index (χ2n) is 3.91. The Morgan fingerprint density at radius 1 is 1.15 bits per heavy atom. The first-order chi connectivity index (χ1) is 9.49. The standard InChI is InChI=1S/C14H7ClF2N2O/c15-10-2-1-8(7-18)13(5-10)19-14(20)9-3-11(16)6-12(17)4-9/h1-6H,(H,19,20). The molecule has 0 saturated carbocycles. The Kier molecular flexibility index (Phi) is 3.97. The van der Waals surface area contributed by atoms with Crippen LogP contribution in [-0.2, 0) is 0 Å². The number of hydrogen-bond donors (Lipinski definition) is 1. The second kappa shape index (κ2) is 5.68. The summed E-state index contributed by atoms with van der Waals surface area (Å²) in [5.41, 5.74) is 0.181. The van der Waals surface area contributed by atoms with E-state index in [1.54, 1.807) is 0 Å². The van der Waals surface area contributed by atoms with Gasteiger partial charge in [-0.05, 0) is 30.3 Å². The van der Waals surface area contributed by atoms with Crippen molar-refractivity contribution in [2.45, 2.75) is 0 Å². The lowest BCUT2D eigenvalue weighted by atomic mass is 10.1. The summed E-state index contributed by atoms with van der Waals surface area (Å²) in [7, 11) is 0. The molecule has 0 aliphatic rings.